The lowest BCUT2D eigenvalue weighted by Gasteiger charge is -2.16. The van der Waals surface area contributed by atoms with Crippen LogP contribution in [0.25, 0.3) is 16.7 Å². The van der Waals surface area contributed by atoms with Crippen molar-refractivity contribution in [2.75, 3.05) is 5.32 Å². The maximum Gasteiger partial charge on any atom is 0.263 e. The Hall–Kier alpha value is -3.61. The van der Waals surface area contributed by atoms with Crippen LogP contribution in [0.15, 0.2) is 65.6 Å². The number of para-hydroxylation sites is 1. The zero-order chi connectivity index (χ0) is 20.4. The second kappa shape index (κ2) is 7.79. The molecule has 0 amide bonds. The van der Waals surface area contributed by atoms with Gasteiger partial charge in [0.25, 0.3) is 5.56 Å². The van der Waals surface area contributed by atoms with E-state index < -0.39 is 0 Å². The van der Waals surface area contributed by atoms with Crippen LogP contribution < -0.4 is 15.6 Å². The van der Waals surface area contributed by atoms with Gasteiger partial charge in [-0.3, -0.25) is 9.78 Å². The third-order valence-corrected chi connectivity index (χ3v) is 4.54. The van der Waals surface area contributed by atoms with Crippen LogP contribution >= 0.6 is 0 Å². The van der Waals surface area contributed by atoms with Crippen LogP contribution in [0.4, 0.5) is 5.95 Å². The van der Waals surface area contributed by atoms with Gasteiger partial charge < -0.3 is 10.1 Å². The average Bonchev–Trinajstić information content (AvgIpc) is 3.13. The standard InChI is InChI=1S/C22H23N5O2/c1-14(2)29-18-11-9-16(10-12-18)15(3)24-22-25-20-19(21(28)26-22)13-23-27(20)17-7-5-4-6-8-17/h4-15H,1-3H3,(H2,24,25,26,28). The first kappa shape index (κ1) is 18.7. The van der Waals surface area contributed by atoms with Crippen molar-refractivity contribution in [1.29, 1.82) is 0 Å². The van der Waals surface area contributed by atoms with Gasteiger partial charge >= 0.3 is 0 Å². The van der Waals surface area contributed by atoms with Gasteiger partial charge in [-0.2, -0.15) is 10.1 Å². The number of anilines is 1. The molecule has 0 bridgehead atoms. The molecular weight excluding hydrogens is 366 g/mol. The Bertz CT molecular complexity index is 1160. The Balaban J connectivity index is 1.62. The summed E-state index contributed by atoms with van der Waals surface area (Å²) in [7, 11) is 0. The van der Waals surface area contributed by atoms with Crippen molar-refractivity contribution in [1.82, 2.24) is 19.7 Å². The molecule has 29 heavy (non-hydrogen) atoms. The number of aromatic nitrogens is 4. The molecule has 0 saturated heterocycles. The normalized spacial score (nSPS) is 12.3. The number of hydrogen-bond acceptors (Lipinski definition) is 5. The van der Waals surface area contributed by atoms with E-state index in [0.29, 0.717) is 17.0 Å². The van der Waals surface area contributed by atoms with Gasteiger partial charge in [0.1, 0.15) is 11.1 Å². The number of nitrogens with one attached hydrogen (secondary N) is 2. The Labute approximate surface area is 168 Å². The molecule has 1 unspecified atom stereocenters. The second-order valence-electron chi connectivity index (χ2n) is 7.15. The van der Waals surface area contributed by atoms with Crippen LogP contribution in [0.1, 0.15) is 32.4 Å². The highest BCUT2D eigenvalue weighted by Gasteiger charge is 2.13. The summed E-state index contributed by atoms with van der Waals surface area (Å²) in [5.41, 5.74) is 2.18. The number of hydrogen-bond donors (Lipinski definition) is 2. The minimum absolute atomic E-state index is 0.0585. The molecule has 0 aliphatic carbocycles. The molecule has 4 aromatic rings. The van der Waals surface area contributed by atoms with Crippen molar-refractivity contribution in [2.24, 2.45) is 0 Å². The zero-order valence-corrected chi connectivity index (χ0v) is 16.6. The van der Waals surface area contributed by atoms with Crippen molar-refractivity contribution in [3.05, 3.63) is 76.7 Å². The molecule has 2 aromatic heterocycles. The molecule has 2 heterocycles. The number of H-pyrrole nitrogens is 1. The molecule has 7 heteroatoms. The van der Waals surface area contributed by atoms with Crippen LogP contribution in [-0.2, 0) is 0 Å². The summed E-state index contributed by atoms with van der Waals surface area (Å²) >= 11 is 0. The van der Waals surface area contributed by atoms with Crippen molar-refractivity contribution < 1.29 is 4.74 Å². The number of rotatable bonds is 6. The van der Waals surface area contributed by atoms with Gasteiger partial charge in [-0.05, 0) is 50.6 Å². The lowest BCUT2D eigenvalue weighted by Crippen LogP contribution is -2.16. The van der Waals surface area contributed by atoms with E-state index in [9.17, 15) is 4.79 Å². The predicted molar refractivity (Wildman–Crippen MR) is 114 cm³/mol. The van der Waals surface area contributed by atoms with E-state index in [-0.39, 0.29) is 17.7 Å². The lowest BCUT2D eigenvalue weighted by atomic mass is 10.1. The molecule has 0 fully saturated rings. The van der Waals surface area contributed by atoms with Crippen LogP contribution in [-0.4, -0.2) is 25.9 Å². The first-order valence-corrected chi connectivity index (χ1v) is 9.58. The largest absolute Gasteiger partial charge is 0.491 e. The van der Waals surface area contributed by atoms with Crippen LogP contribution in [0, 0.1) is 0 Å². The molecule has 2 aromatic carbocycles. The smallest absolute Gasteiger partial charge is 0.263 e. The summed E-state index contributed by atoms with van der Waals surface area (Å²) in [6.45, 7) is 6.00. The van der Waals surface area contributed by atoms with Crippen LogP contribution in [0.2, 0.25) is 0 Å². The molecule has 2 N–H and O–H groups in total. The van der Waals surface area contributed by atoms with Gasteiger partial charge in [-0.15, -0.1) is 0 Å². The minimum atomic E-state index is -0.229. The summed E-state index contributed by atoms with van der Waals surface area (Å²) in [5, 5.41) is 8.05. The van der Waals surface area contributed by atoms with Crippen molar-refractivity contribution in [3.8, 4) is 11.4 Å². The van der Waals surface area contributed by atoms with Crippen molar-refractivity contribution in [3.63, 3.8) is 0 Å². The monoisotopic (exact) mass is 389 g/mol. The third kappa shape index (κ3) is 3.99. The van der Waals surface area contributed by atoms with Gasteiger partial charge in [0.2, 0.25) is 5.95 Å². The van der Waals surface area contributed by atoms with Crippen molar-refractivity contribution >= 4 is 17.0 Å². The molecule has 148 valence electrons. The first-order valence-electron chi connectivity index (χ1n) is 9.58. The van der Waals surface area contributed by atoms with E-state index in [1.807, 2.05) is 75.4 Å². The SMILES string of the molecule is CC(C)Oc1ccc(C(C)Nc2nc3c(cnn3-c3ccccc3)c(=O)[nH]2)cc1. The molecule has 0 radical (unpaired) electrons. The van der Waals surface area contributed by atoms with Gasteiger partial charge in [0.05, 0.1) is 24.0 Å². The molecule has 0 saturated carbocycles. The fourth-order valence-corrected chi connectivity index (χ4v) is 3.14. The van der Waals surface area contributed by atoms with Crippen LogP contribution in [0.3, 0.4) is 0 Å². The molecule has 7 nitrogen and oxygen atoms in total. The highest BCUT2D eigenvalue weighted by molar-refractivity contribution is 5.76. The van der Waals surface area contributed by atoms with Gasteiger partial charge in [0.15, 0.2) is 5.65 Å². The van der Waals surface area contributed by atoms with Crippen LogP contribution in [0.5, 0.6) is 5.75 Å². The number of benzene rings is 2. The lowest BCUT2D eigenvalue weighted by molar-refractivity contribution is 0.242. The summed E-state index contributed by atoms with van der Waals surface area (Å²) in [6.07, 6.45) is 1.67. The Morgan fingerprint density at radius 1 is 1.03 bits per heavy atom. The predicted octanol–water partition coefficient (Wildman–Crippen LogP) is 4.07. The summed E-state index contributed by atoms with van der Waals surface area (Å²) < 4.78 is 7.35. The maximum absolute atomic E-state index is 12.5. The maximum atomic E-state index is 12.5. The Morgan fingerprint density at radius 3 is 2.45 bits per heavy atom. The average molecular weight is 389 g/mol. The van der Waals surface area contributed by atoms with Gasteiger partial charge in [0, 0.05) is 0 Å². The molecule has 0 aliphatic rings. The molecule has 1 atom stereocenters. The summed E-state index contributed by atoms with van der Waals surface area (Å²) in [6, 6.07) is 17.4. The number of ether oxygens (including phenoxy) is 1. The molecule has 4 rings (SSSR count). The minimum Gasteiger partial charge on any atom is -0.491 e. The zero-order valence-electron chi connectivity index (χ0n) is 16.6. The van der Waals surface area contributed by atoms with Crippen molar-refractivity contribution in [2.45, 2.75) is 32.9 Å². The van der Waals surface area contributed by atoms with E-state index >= 15 is 0 Å². The highest BCUT2D eigenvalue weighted by Crippen LogP contribution is 2.21. The van der Waals surface area contributed by atoms with E-state index in [1.54, 1.807) is 4.68 Å². The third-order valence-electron chi connectivity index (χ3n) is 4.54. The quantitative estimate of drug-likeness (QED) is 0.519. The topological polar surface area (TPSA) is 84.8 Å². The van der Waals surface area contributed by atoms with E-state index in [4.69, 9.17) is 4.74 Å². The fourth-order valence-electron chi connectivity index (χ4n) is 3.14. The molecular formula is C22H23N5O2. The second-order valence-corrected chi connectivity index (χ2v) is 7.15. The summed E-state index contributed by atoms with van der Waals surface area (Å²) in [5.74, 6) is 1.23. The molecule has 0 aliphatic heterocycles. The fraction of sp³-hybridized carbons (Fsp3) is 0.227. The van der Waals surface area contributed by atoms with E-state index in [0.717, 1.165) is 17.0 Å². The first-order chi connectivity index (χ1) is 14.0. The molecule has 0 spiro atoms. The van der Waals surface area contributed by atoms with E-state index in [2.05, 4.69) is 20.4 Å². The van der Waals surface area contributed by atoms with Gasteiger partial charge in [-0.1, -0.05) is 30.3 Å². The Kier molecular flexibility index (Phi) is 5.03. The number of aromatic amines is 1. The van der Waals surface area contributed by atoms with E-state index in [1.165, 1.54) is 6.20 Å². The Morgan fingerprint density at radius 2 is 1.76 bits per heavy atom. The highest BCUT2D eigenvalue weighted by atomic mass is 16.5. The van der Waals surface area contributed by atoms with Gasteiger partial charge in [-0.25, -0.2) is 4.68 Å². The number of fused-ring (bicyclic) bond motifs is 1. The number of nitrogens with zero attached hydrogens (tertiary/aromatic N) is 3. The summed E-state index contributed by atoms with van der Waals surface area (Å²) in [4.78, 5) is 19.9.